The molecule has 0 atom stereocenters. The number of carbonyl (C=O) groups is 1. The van der Waals surface area contributed by atoms with E-state index in [1.54, 1.807) is 12.1 Å². The molecule has 0 aromatic heterocycles. The van der Waals surface area contributed by atoms with E-state index in [9.17, 15) is 13.2 Å². The van der Waals surface area contributed by atoms with Crippen LogP contribution in [0.2, 0.25) is 5.02 Å². The molecule has 1 amide bonds. The Kier molecular flexibility index (Phi) is 4.07. The van der Waals surface area contributed by atoms with Crippen LogP contribution >= 0.6 is 23.4 Å². The highest BCUT2D eigenvalue weighted by atomic mass is 35.5. The van der Waals surface area contributed by atoms with Gasteiger partial charge >= 0.3 is 10.1 Å². The van der Waals surface area contributed by atoms with Crippen molar-refractivity contribution in [3.8, 4) is 5.75 Å². The third-order valence-electron chi connectivity index (χ3n) is 2.13. The number of amides is 1. The minimum atomic E-state index is -3.64. The normalized spacial score (nSPS) is 17.4. The first-order chi connectivity index (χ1) is 9.24. The molecule has 1 heterocycles. The molecule has 2 N–H and O–H groups in total. The lowest BCUT2D eigenvalue weighted by Gasteiger charge is -2.05. The van der Waals surface area contributed by atoms with E-state index in [-0.39, 0.29) is 15.9 Å². The molecule has 0 spiro atoms. The van der Waals surface area contributed by atoms with E-state index >= 15 is 0 Å². The fraction of sp³-hybridized carbons (Fsp3) is 0.0909. The number of nitrogens with zero attached hydrogens (tertiary/aromatic N) is 1. The van der Waals surface area contributed by atoms with Crippen LogP contribution in [0.4, 0.5) is 0 Å². The number of hydrogen-bond acceptors (Lipinski definition) is 6. The van der Waals surface area contributed by atoms with Gasteiger partial charge in [0.05, 0.1) is 16.2 Å². The van der Waals surface area contributed by atoms with E-state index < -0.39 is 16.0 Å². The summed E-state index contributed by atoms with van der Waals surface area (Å²) in [6.07, 6.45) is 2.49. The Bertz CT molecular complexity index is 741. The molecular weight excluding hydrogens is 324 g/mol. The second-order valence-electron chi connectivity index (χ2n) is 3.84. The predicted molar refractivity (Wildman–Crippen MR) is 79.1 cm³/mol. The molecule has 0 radical (unpaired) electrons. The van der Waals surface area contributed by atoms with E-state index in [1.165, 1.54) is 12.1 Å². The molecule has 0 saturated heterocycles. The molecule has 0 fully saturated rings. The molecule has 0 aliphatic carbocycles. The van der Waals surface area contributed by atoms with Crippen molar-refractivity contribution < 1.29 is 17.4 Å². The average Bonchev–Trinajstić information content (AvgIpc) is 2.60. The first kappa shape index (κ1) is 14.9. The van der Waals surface area contributed by atoms with Gasteiger partial charge in [-0.3, -0.25) is 4.79 Å². The maximum absolute atomic E-state index is 11.4. The molecule has 1 aliphatic heterocycles. The molecule has 1 aromatic carbocycles. The summed E-state index contributed by atoms with van der Waals surface area (Å²) in [6.45, 7) is 0. The van der Waals surface area contributed by atoms with Gasteiger partial charge in [-0.2, -0.15) is 13.4 Å². The third kappa shape index (κ3) is 3.75. The molecule has 1 aromatic rings. The first-order valence-corrected chi connectivity index (χ1v) is 8.23. The molecular formula is C11H9ClN2O4S2. The smallest absolute Gasteiger partial charge is 0.306 e. The zero-order chi connectivity index (χ0) is 14.9. The van der Waals surface area contributed by atoms with Crippen molar-refractivity contribution in [2.45, 2.75) is 0 Å². The van der Waals surface area contributed by atoms with E-state index in [4.69, 9.17) is 21.5 Å². The highest BCUT2D eigenvalue weighted by Gasteiger charge is 2.19. The summed E-state index contributed by atoms with van der Waals surface area (Å²) in [5.74, 6) is -0.391. The van der Waals surface area contributed by atoms with Crippen LogP contribution in [0.15, 0.2) is 28.1 Å². The van der Waals surface area contributed by atoms with Gasteiger partial charge in [0, 0.05) is 0 Å². The molecule has 0 bridgehead atoms. The van der Waals surface area contributed by atoms with Gasteiger partial charge in [-0.05, 0) is 35.5 Å². The monoisotopic (exact) mass is 332 g/mol. The first-order valence-electron chi connectivity index (χ1n) is 5.21. The number of thioether (sulfide) groups is 1. The Balaban J connectivity index is 2.27. The quantitative estimate of drug-likeness (QED) is 0.667. The van der Waals surface area contributed by atoms with Crippen LogP contribution in [0.1, 0.15) is 5.56 Å². The van der Waals surface area contributed by atoms with Gasteiger partial charge in [0.15, 0.2) is 10.9 Å². The van der Waals surface area contributed by atoms with Crippen molar-refractivity contribution in [3.05, 3.63) is 33.7 Å². The van der Waals surface area contributed by atoms with Gasteiger partial charge in [-0.1, -0.05) is 17.7 Å². The van der Waals surface area contributed by atoms with E-state index in [2.05, 4.69) is 4.99 Å². The number of hydrogen-bond donors (Lipinski definition) is 1. The molecule has 1 aliphatic rings. The van der Waals surface area contributed by atoms with Crippen molar-refractivity contribution in [1.29, 1.82) is 0 Å². The Labute approximate surface area is 124 Å². The van der Waals surface area contributed by atoms with Gasteiger partial charge in [-0.15, -0.1) is 0 Å². The lowest BCUT2D eigenvalue weighted by atomic mass is 10.2. The Morgan fingerprint density at radius 2 is 2.15 bits per heavy atom. The number of nitrogens with two attached hydrogens (primary N) is 1. The van der Waals surface area contributed by atoms with E-state index in [0.717, 1.165) is 18.0 Å². The zero-order valence-corrected chi connectivity index (χ0v) is 12.6. The number of amidine groups is 1. The van der Waals surface area contributed by atoms with Crippen molar-refractivity contribution in [1.82, 2.24) is 0 Å². The van der Waals surface area contributed by atoms with Crippen molar-refractivity contribution >= 4 is 50.6 Å². The zero-order valence-electron chi connectivity index (χ0n) is 10.2. The molecule has 6 nitrogen and oxygen atoms in total. The van der Waals surface area contributed by atoms with Crippen LogP contribution in [0.3, 0.4) is 0 Å². The molecule has 0 saturated carbocycles. The van der Waals surface area contributed by atoms with Gasteiger partial charge in [0.1, 0.15) is 0 Å². The van der Waals surface area contributed by atoms with E-state index in [1.807, 2.05) is 0 Å². The van der Waals surface area contributed by atoms with Crippen molar-refractivity contribution in [2.24, 2.45) is 10.7 Å². The fourth-order valence-corrected chi connectivity index (χ4v) is 2.84. The fourth-order valence-electron chi connectivity index (χ4n) is 1.41. The number of carbonyl (C=O) groups excluding carboxylic acids is 1. The summed E-state index contributed by atoms with van der Waals surface area (Å²) in [4.78, 5) is 15.4. The summed E-state index contributed by atoms with van der Waals surface area (Å²) in [6, 6.07) is 4.46. The summed E-state index contributed by atoms with van der Waals surface area (Å²) in [5, 5.41) is 0.304. The Morgan fingerprint density at radius 1 is 1.45 bits per heavy atom. The predicted octanol–water partition coefficient (Wildman–Crippen LogP) is 1.61. The summed E-state index contributed by atoms with van der Waals surface area (Å²) in [5.41, 5.74) is 6.04. The lowest BCUT2D eigenvalue weighted by Crippen LogP contribution is -2.06. The highest BCUT2D eigenvalue weighted by molar-refractivity contribution is 8.18. The largest absolute Gasteiger partial charge is 0.381 e. The maximum atomic E-state index is 11.4. The maximum Gasteiger partial charge on any atom is 0.306 e. The molecule has 106 valence electrons. The topological polar surface area (TPSA) is 98.8 Å². The van der Waals surface area contributed by atoms with Crippen LogP contribution in [0, 0.1) is 0 Å². The molecule has 0 unspecified atom stereocenters. The molecule has 9 heteroatoms. The standard InChI is InChI=1S/C11H9ClN2O4S2/c1-20(16,17)18-8-3-2-6(4-7(8)12)5-9-10(15)14-11(13)19-9/h2-5H,1H3,(H2,13,14,15). The van der Waals surface area contributed by atoms with Crippen LogP contribution in [-0.4, -0.2) is 25.7 Å². The summed E-state index contributed by atoms with van der Waals surface area (Å²) in [7, 11) is -3.64. The van der Waals surface area contributed by atoms with Crippen LogP contribution in [0.25, 0.3) is 6.08 Å². The van der Waals surface area contributed by atoms with Crippen LogP contribution in [-0.2, 0) is 14.9 Å². The highest BCUT2D eigenvalue weighted by Crippen LogP contribution is 2.30. The summed E-state index contributed by atoms with van der Waals surface area (Å²) >= 11 is 6.98. The van der Waals surface area contributed by atoms with Gasteiger partial charge < -0.3 is 9.92 Å². The van der Waals surface area contributed by atoms with Gasteiger partial charge in [0.25, 0.3) is 5.91 Å². The summed E-state index contributed by atoms with van der Waals surface area (Å²) < 4.78 is 26.8. The number of halogens is 1. The minimum absolute atomic E-state index is 0.0254. The SMILES string of the molecule is CS(=O)(=O)Oc1ccc(C=C2SC(N)=NC2=O)cc1Cl. The number of benzene rings is 1. The van der Waals surface area contributed by atoms with Gasteiger partial charge in [0.2, 0.25) is 0 Å². The Morgan fingerprint density at radius 3 is 2.65 bits per heavy atom. The van der Waals surface area contributed by atoms with Crippen LogP contribution < -0.4 is 9.92 Å². The lowest BCUT2D eigenvalue weighted by molar-refractivity contribution is -0.113. The molecule has 20 heavy (non-hydrogen) atoms. The Hall–Kier alpha value is -1.51. The van der Waals surface area contributed by atoms with E-state index in [0.29, 0.717) is 10.5 Å². The van der Waals surface area contributed by atoms with Gasteiger partial charge in [-0.25, -0.2) is 0 Å². The molecule has 2 rings (SSSR count). The third-order valence-corrected chi connectivity index (χ3v) is 3.72. The number of rotatable bonds is 3. The second kappa shape index (κ2) is 5.47. The van der Waals surface area contributed by atoms with Crippen molar-refractivity contribution in [3.63, 3.8) is 0 Å². The van der Waals surface area contributed by atoms with Crippen molar-refractivity contribution in [2.75, 3.05) is 6.26 Å². The number of aliphatic imine (C=N–C) groups is 1. The minimum Gasteiger partial charge on any atom is -0.381 e. The average molecular weight is 333 g/mol. The van der Waals surface area contributed by atoms with Crippen LogP contribution in [0.5, 0.6) is 5.75 Å². The second-order valence-corrected chi connectivity index (χ2v) is 6.89.